The van der Waals surface area contributed by atoms with Crippen molar-refractivity contribution in [2.24, 2.45) is 0 Å². The highest BCUT2D eigenvalue weighted by molar-refractivity contribution is 6.03. The average Bonchev–Trinajstić information content (AvgIpc) is 2.97. The summed E-state index contributed by atoms with van der Waals surface area (Å²) in [5.41, 5.74) is 1.50. The van der Waals surface area contributed by atoms with Gasteiger partial charge in [0, 0.05) is 23.7 Å². The number of hydrogen-bond acceptors (Lipinski definition) is 4. The van der Waals surface area contributed by atoms with E-state index >= 15 is 0 Å². The number of carbonyl (C=O) groups is 2. The van der Waals surface area contributed by atoms with Gasteiger partial charge in [0.25, 0.3) is 5.91 Å². The Hall–Kier alpha value is -3.48. The van der Waals surface area contributed by atoms with E-state index < -0.39 is 11.9 Å². The summed E-state index contributed by atoms with van der Waals surface area (Å²) in [7, 11) is 1.48. The Morgan fingerprint density at radius 1 is 1.20 bits per heavy atom. The number of nitrogens with zero attached hydrogens (tertiary/aromatic N) is 1. The van der Waals surface area contributed by atoms with Crippen LogP contribution >= 0.6 is 0 Å². The maximum absolute atomic E-state index is 14.4. The Balaban J connectivity index is 1.66. The lowest BCUT2D eigenvalue weighted by atomic mass is 9.97. The van der Waals surface area contributed by atoms with Crippen LogP contribution in [0.25, 0.3) is 21.9 Å². The van der Waals surface area contributed by atoms with Gasteiger partial charge >= 0.3 is 0 Å². The minimum Gasteiger partial charge on any atom is -0.481 e. The van der Waals surface area contributed by atoms with Crippen LogP contribution in [0.2, 0.25) is 0 Å². The summed E-state index contributed by atoms with van der Waals surface area (Å²) in [6.45, 7) is 0.639. The van der Waals surface area contributed by atoms with Gasteiger partial charge in [-0.3, -0.25) is 9.59 Å². The second kappa shape index (κ2) is 8.49. The van der Waals surface area contributed by atoms with E-state index in [2.05, 4.69) is 15.6 Å². The van der Waals surface area contributed by atoms with E-state index in [9.17, 15) is 14.0 Å². The normalized spacial score (nSPS) is 16.6. The van der Waals surface area contributed by atoms with Gasteiger partial charge in [0.15, 0.2) is 0 Å². The zero-order chi connectivity index (χ0) is 21.1. The fourth-order valence-corrected chi connectivity index (χ4v) is 3.72. The first kappa shape index (κ1) is 19.8. The van der Waals surface area contributed by atoms with Crippen molar-refractivity contribution in [1.29, 1.82) is 0 Å². The SMILES string of the molecule is COc1cc(-c2cccc3cc(C(=O)NC4CCCCNC4=O)ccc23)c(F)cn1. The molecule has 0 bridgehead atoms. The number of hydrogen-bond donors (Lipinski definition) is 2. The molecule has 2 amide bonds. The number of pyridine rings is 1. The van der Waals surface area contributed by atoms with Crippen LogP contribution in [0, 0.1) is 5.82 Å². The summed E-state index contributed by atoms with van der Waals surface area (Å²) >= 11 is 0. The van der Waals surface area contributed by atoms with E-state index in [1.807, 2.05) is 18.2 Å². The molecule has 1 saturated heterocycles. The van der Waals surface area contributed by atoms with Crippen LogP contribution < -0.4 is 15.4 Å². The van der Waals surface area contributed by atoms with Gasteiger partial charge in [-0.15, -0.1) is 0 Å². The Kier molecular flexibility index (Phi) is 5.61. The molecule has 2 aromatic carbocycles. The molecule has 30 heavy (non-hydrogen) atoms. The molecule has 1 fully saturated rings. The molecule has 6 nitrogen and oxygen atoms in total. The monoisotopic (exact) mass is 407 g/mol. The number of rotatable bonds is 4. The summed E-state index contributed by atoms with van der Waals surface area (Å²) in [6, 6.07) is 11.7. The Labute approximate surface area is 173 Å². The molecule has 0 spiro atoms. The van der Waals surface area contributed by atoms with Gasteiger partial charge in [0.2, 0.25) is 11.8 Å². The van der Waals surface area contributed by atoms with E-state index in [0.29, 0.717) is 35.5 Å². The summed E-state index contributed by atoms with van der Waals surface area (Å²) in [6.07, 6.45) is 3.55. The van der Waals surface area contributed by atoms with Gasteiger partial charge in [-0.1, -0.05) is 24.3 Å². The topological polar surface area (TPSA) is 80.3 Å². The molecule has 0 saturated carbocycles. The first-order valence-corrected chi connectivity index (χ1v) is 9.88. The number of ether oxygens (including phenoxy) is 1. The lowest BCUT2D eigenvalue weighted by Crippen LogP contribution is -2.45. The van der Waals surface area contributed by atoms with Crippen LogP contribution in [0.4, 0.5) is 4.39 Å². The maximum atomic E-state index is 14.4. The highest BCUT2D eigenvalue weighted by atomic mass is 19.1. The van der Waals surface area contributed by atoms with E-state index in [4.69, 9.17) is 4.74 Å². The van der Waals surface area contributed by atoms with Crippen molar-refractivity contribution in [2.75, 3.05) is 13.7 Å². The Morgan fingerprint density at radius 3 is 2.90 bits per heavy atom. The van der Waals surface area contributed by atoms with Crippen LogP contribution in [0.1, 0.15) is 29.6 Å². The van der Waals surface area contributed by atoms with E-state index in [1.54, 1.807) is 24.3 Å². The summed E-state index contributed by atoms with van der Waals surface area (Å²) < 4.78 is 19.6. The Morgan fingerprint density at radius 2 is 2.07 bits per heavy atom. The molecule has 1 aliphatic heterocycles. The van der Waals surface area contributed by atoms with Crippen molar-refractivity contribution in [1.82, 2.24) is 15.6 Å². The molecule has 0 aliphatic carbocycles. The van der Waals surface area contributed by atoms with Crippen molar-refractivity contribution in [2.45, 2.75) is 25.3 Å². The molecule has 2 N–H and O–H groups in total. The van der Waals surface area contributed by atoms with Gasteiger partial charge in [0.05, 0.1) is 13.3 Å². The summed E-state index contributed by atoms with van der Waals surface area (Å²) in [5.74, 6) is -0.585. The van der Waals surface area contributed by atoms with Gasteiger partial charge in [-0.05, 0) is 47.7 Å². The molecule has 3 aromatic rings. The molecule has 1 atom stereocenters. The summed E-state index contributed by atoms with van der Waals surface area (Å²) in [5, 5.41) is 7.23. The lowest BCUT2D eigenvalue weighted by Gasteiger charge is -2.16. The largest absolute Gasteiger partial charge is 0.481 e. The van der Waals surface area contributed by atoms with Gasteiger partial charge in [-0.2, -0.15) is 0 Å². The zero-order valence-electron chi connectivity index (χ0n) is 16.6. The second-order valence-corrected chi connectivity index (χ2v) is 7.26. The third-order valence-corrected chi connectivity index (χ3v) is 5.31. The number of carbonyl (C=O) groups excluding carboxylic acids is 2. The number of fused-ring (bicyclic) bond motifs is 1. The molecule has 154 valence electrons. The highest BCUT2D eigenvalue weighted by Gasteiger charge is 2.23. The first-order chi connectivity index (χ1) is 14.6. The fraction of sp³-hybridized carbons (Fsp3) is 0.261. The van der Waals surface area contributed by atoms with Crippen LogP contribution in [0.15, 0.2) is 48.7 Å². The first-order valence-electron chi connectivity index (χ1n) is 9.88. The van der Waals surface area contributed by atoms with E-state index in [-0.39, 0.29) is 11.8 Å². The molecule has 4 rings (SSSR count). The zero-order valence-corrected chi connectivity index (χ0v) is 16.6. The molecule has 2 heterocycles. The lowest BCUT2D eigenvalue weighted by molar-refractivity contribution is -0.122. The van der Waals surface area contributed by atoms with Crippen molar-refractivity contribution in [3.63, 3.8) is 0 Å². The Bertz CT molecular complexity index is 1120. The van der Waals surface area contributed by atoms with Crippen LogP contribution in [-0.4, -0.2) is 36.5 Å². The van der Waals surface area contributed by atoms with E-state index in [1.165, 1.54) is 7.11 Å². The number of amides is 2. The predicted octanol–water partition coefficient (Wildman–Crippen LogP) is 3.45. The second-order valence-electron chi connectivity index (χ2n) is 7.26. The van der Waals surface area contributed by atoms with Crippen molar-refractivity contribution >= 4 is 22.6 Å². The minimum atomic E-state index is -0.527. The number of halogens is 1. The average molecular weight is 407 g/mol. The number of methoxy groups -OCH3 is 1. The minimum absolute atomic E-state index is 0.147. The highest BCUT2D eigenvalue weighted by Crippen LogP contribution is 2.32. The number of benzene rings is 2. The van der Waals surface area contributed by atoms with Gasteiger partial charge in [-0.25, -0.2) is 9.37 Å². The molecular weight excluding hydrogens is 385 g/mol. The van der Waals surface area contributed by atoms with Crippen LogP contribution in [0.5, 0.6) is 5.88 Å². The standard InChI is InChI=1S/C23H22FN3O3/c1-30-21-12-18(19(24)13-26-21)17-6-4-5-14-11-15(8-9-16(14)17)22(28)27-20-7-2-3-10-25-23(20)29/h4-6,8-9,11-13,20H,2-3,7,10H2,1H3,(H,25,29)(H,27,28). The third-order valence-electron chi connectivity index (χ3n) is 5.31. The van der Waals surface area contributed by atoms with Crippen molar-refractivity contribution < 1.29 is 18.7 Å². The maximum Gasteiger partial charge on any atom is 0.251 e. The van der Waals surface area contributed by atoms with Crippen molar-refractivity contribution in [3.8, 4) is 17.0 Å². The molecule has 1 aromatic heterocycles. The molecule has 1 aliphatic rings. The fourth-order valence-electron chi connectivity index (χ4n) is 3.72. The molecule has 0 radical (unpaired) electrons. The number of aromatic nitrogens is 1. The molecular formula is C23H22FN3O3. The van der Waals surface area contributed by atoms with Gasteiger partial charge in [0.1, 0.15) is 11.9 Å². The van der Waals surface area contributed by atoms with Gasteiger partial charge < -0.3 is 15.4 Å². The van der Waals surface area contributed by atoms with E-state index in [0.717, 1.165) is 29.8 Å². The van der Waals surface area contributed by atoms with Crippen LogP contribution in [-0.2, 0) is 4.79 Å². The van der Waals surface area contributed by atoms with Crippen molar-refractivity contribution in [3.05, 3.63) is 60.0 Å². The molecule has 1 unspecified atom stereocenters. The molecule has 7 heteroatoms. The smallest absolute Gasteiger partial charge is 0.251 e. The van der Waals surface area contributed by atoms with Crippen LogP contribution in [0.3, 0.4) is 0 Å². The third kappa shape index (κ3) is 3.96. The number of nitrogens with one attached hydrogen (secondary N) is 2. The predicted molar refractivity (Wildman–Crippen MR) is 112 cm³/mol. The summed E-state index contributed by atoms with van der Waals surface area (Å²) in [4.78, 5) is 28.7. The quantitative estimate of drug-likeness (QED) is 0.694.